The second kappa shape index (κ2) is 5.37. The number of pyridine rings is 1. The lowest BCUT2D eigenvalue weighted by Gasteiger charge is -2.13. The molecule has 0 aliphatic heterocycles. The highest BCUT2D eigenvalue weighted by atomic mass is 35.5. The van der Waals surface area contributed by atoms with Crippen LogP contribution in [0, 0.1) is 0 Å². The van der Waals surface area contributed by atoms with Crippen LogP contribution in [0.1, 0.15) is 28.9 Å². The summed E-state index contributed by atoms with van der Waals surface area (Å²) in [5, 5.41) is 16.2. The summed E-state index contributed by atoms with van der Waals surface area (Å²) in [6.07, 6.45) is 0. The normalized spacial score (nSPS) is 12.1. The number of nitrogens with one attached hydrogen (secondary N) is 1. The quantitative estimate of drug-likeness (QED) is 0.840. The second-order valence-electron chi connectivity index (χ2n) is 3.79. The van der Waals surface area contributed by atoms with E-state index in [4.69, 9.17) is 16.7 Å². The molecule has 0 bridgehead atoms. The Balaban J connectivity index is 2.21. The number of thiophene rings is 1. The number of hydrogen-bond acceptors (Lipinski definition) is 4. The van der Waals surface area contributed by atoms with Crippen molar-refractivity contribution in [1.29, 1.82) is 0 Å². The van der Waals surface area contributed by atoms with Gasteiger partial charge in [-0.2, -0.15) is 11.3 Å². The Labute approximate surface area is 113 Å². The van der Waals surface area contributed by atoms with Crippen molar-refractivity contribution in [2.24, 2.45) is 0 Å². The first-order valence-electron chi connectivity index (χ1n) is 5.26. The molecule has 2 rings (SSSR count). The Hall–Kier alpha value is -1.59. The topological polar surface area (TPSA) is 62.2 Å². The van der Waals surface area contributed by atoms with Gasteiger partial charge in [-0.1, -0.05) is 11.6 Å². The number of aromatic nitrogens is 1. The molecule has 94 valence electrons. The Morgan fingerprint density at radius 1 is 1.56 bits per heavy atom. The molecule has 1 unspecified atom stereocenters. The molecule has 0 aliphatic rings. The lowest BCUT2D eigenvalue weighted by Crippen LogP contribution is -2.08. The summed E-state index contributed by atoms with van der Waals surface area (Å²) < 4.78 is 0. The summed E-state index contributed by atoms with van der Waals surface area (Å²) >= 11 is 7.40. The molecule has 2 heterocycles. The van der Waals surface area contributed by atoms with Gasteiger partial charge < -0.3 is 10.4 Å². The monoisotopic (exact) mass is 282 g/mol. The average Bonchev–Trinajstić information content (AvgIpc) is 2.81. The minimum absolute atomic E-state index is 0.0452. The van der Waals surface area contributed by atoms with Crippen LogP contribution in [0.15, 0.2) is 29.0 Å². The summed E-state index contributed by atoms with van der Waals surface area (Å²) in [5.41, 5.74) is 1.24. The Morgan fingerprint density at radius 3 is 2.94 bits per heavy atom. The molecule has 0 fully saturated rings. The van der Waals surface area contributed by atoms with Gasteiger partial charge in [-0.3, -0.25) is 0 Å². The molecule has 0 spiro atoms. The molecular formula is C12H11ClN2O2S. The molecule has 0 radical (unpaired) electrons. The second-order valence-corrected chi connectivity index (χ2v) is 4.96. The van der Waals surface area contributed by atoms with Gasteiger partial charge in [0.05, 0.1) is 11.6 Å². The first-order valence-corrected chi connectivity index (χ1v) is 6.58. The number of carboxylic acids is 1. The summed E-state index contributed by atoms with van der Waals surface area (Å²) in [5.74, 6) is -0.566. The van der Waals surface area contributed by atoms with Crippen molar-refractivity contribution in [3.05, 3.63) is 45.2 Å². The summed E-state index contributed by atoms with van der Waals surface area (Å²) in [6, 6.07) is 4.84. The predicted octanol–water partition coefficient (Wildman–Crippen LogP) is 3.67. The highest BCUT2D eigenvalue weighted by Gasteiger charge is 2.10. The molecule has 4 nitrogen and oxygen atoms in total. The minimum Gasteiger partial charge on any atom is -0.478 e. The number of nitrogens with zero attached hydrogens (tertiary/aromatic N) is 1. The van der Waals surface area contributed by atoms with Gasteiger partial charge in [0.25, 0.3) is 0 Å². The standard InChI is InChI=1S/C12H11ClN2O2S/c1-7(8-2-3-18-6-8)14-11-5-9(12(16)17)4-10(13)15-11/h2-7H,1H3,(H,14,15)(H,16,17). The third-order valence-electron chi connectivity index (χ3n) is 2.45. The molecule has 0 aromatic carbocycles. The van der Waals surface area contributed by atoms with E-state index in [0.29, 0.717) is 5.82 Å². The van der Waals surface area contributed by atoms with Crippen molar-refractivity contribution in [1.82, 2.24) is 4.98 Å². The number of carboxylic acid groups (broad SMARTS) is 1. The Morgan fingerprint density at radius 2 is 2.33 bits per heavy atom. The van der Waals surface area contributed by atoms with Gasteiger partial charge in [-0.05, 0) is 41.4 Å². The highest BCUT2D eigenvalue weighted by molar-refractivity contribution is 7.07. The first kappa shape index (κ1) is 12.9. The van der Waals surface area contributed by atoms with E-state index >= 15 is 0 Å². The first-order chi connectivity index (χ1) is 8.56. The van der Waals surface area contributed by atoms with E-state index in [9.17, 15) is 4.79 Å². The maximum Gasteiger partial charge on any atom is 0.335 e. The average molecular weight is 283 g/mol. The van der Waals surface area contributed by atoms with Gasteiger partial charge in [0.2, 0.25) is 0 Å². The van der Waals surface area contributed by atoms with Crippen molar-refractivity contribution in [2.45, 2.75) is 13.0 Å². The zero-order chi connectivity index (χ0) is 13.1. The zero-order valence-electron chi connectivity index (χ0n) is 9.55. The minimum atomic E-state index is -1.02. The zero-order valence-corrected chi connectivity index (χ0v) is 11.1. The lowest BCUT2D eigenvalue weighted by atomic mass is 10.2. The number of hydrogen-bond donors (Lipinski definition) is 2. The molecule has 0 aliphatic carbocycles. The number of carbonyl (C=O) groups is 1. The number of aromatic carboxylic acids is 1. The van der Waals surface area contributed by atoms with Crippen LogP contribution in [0.5, 0.6) is 0 Å². The Bertz CT molecular complexity index is 557. The van der Waals surface area contributed by atoms with Gasteiger partial charge in [-0.15, -0.1) is 0 Å². The van der Waals surface area contributed by atoms with Gasteiger partial charge in [0.1, 0.15) is 11.0 Å². The summed E-state index contributed by atoms with van der Waals surface area (Å²) in [6.45, 7) is 1.98. The fourth-order valence-corrected chi connectivity index (χ4v) is 2.48. The fourth-order valence-electron chi connectivity index (χ4n) is 1.52. The summed E-state index contributed by atoms with van der Waals surface area (Å²) in [7, 11) is 0. The smallest absolute Gasteiger partial charge is 0.335 e. The van der Waals surface area contributed by atoms with Gasteiger partial charge in [0, 0.05) is 0 Å². The third kappa shape index (κ3) is 3.00. The number of rotatable bonds is 4. The van der Waals surface area contributed by atoms with Crippen LogP contribution in [0.25, 0.3) is 0 Å². The third-order valence-corrected chi connectivity index (χ3v) is 3.34. The van der Waals surface area contributed by atoms with Crippen LogP contribution in [0.2, 0.25) is 5.15 Å². The van der Waals surface area contributed by atoms with Crippen molar-refractivity contribution in [2.75, 3.05) is 5.32 Å². The van der Waals surface area contributed by atoms with Crippen LogP contribution < -0.4 is 5.32 Å². The van der Waals surface area contributed by atoms with Crippen LogP contribution in [-0.4, -0.2) is 16.1 Å². The number of halogens is 1. The Kier molecular flexibility index (Phi) is 3.84. The van der Waals surface area contributed by atoms with E-state index < -0.39 is 5.97 Å². The molecule has 2 aromatic rings. The van der Waals surface area contributed by atoms with Crippen molar-refractivity contribution >= 4 is 34.7 Å². The summed E-state index contributed by atoms with van der Waals surface area (Å²) in [4.78, 5) is 15.0. The van der Waals surface area contributed by atoms with E-state index in [2.05, 4.69) is 10.3 Å². The molecule has 1 atom stereocenters. The largest absolute Gasteiger partial charge is 0.478 e. The molecule has 0 amide bonds. The highest BCUT2D eigenvalue weighted by Crippen LogP contribution is 2.22. The molecule has 0 saturated heterocycles. The number of anilines is 1. The fraction of sp³-hybridized carbons (Fsp3) is 0.167. The van der Waals surface area contributed by atoms with E-state index in [0.717, 1.165) is 5.56 Å². The molecule has 6 heteroatoms. The maximum atomic E-state index is 10.9. The van der Waals surface area contributed by atoms with Crippen LogP contribution in [-0.2, 0) is 0 Å². The lowest BCUT2D eigenvalue weighted by molar-refractivity contribution is 0.0697. The van der Waals surface area contributed by atoms with Crippen molar-refractivity contribution in [3.8, 4) is 0 Å². The molecule has 2 aromatic heterocycles. The predicted molar refractivity (Wildman–Crippen MR) is 72.6 cm³/mol. The molecule has 0 saturated carbocycles. The van der Waals surface area contributed by atoms with Crippen molar-refractivity contribution in [3.63, 3.8) is 0 Å². The van der Waals surface area contributed by atoms with Gasteiger partial charge in [0.15, 0.2) is 0 Å². The van der Waals surface area contributed by atoms with E-state index in [1.165, 1.54) is 12.1 Å². The molecule has 18 heavy (non-hydrogen) atoms. The van der Waals surface area contributed by atoms with E-state index in [1.54, 1.807) is 11.3 Å². The molecule has 2 N–H and O–H groups in total. The van der Waals surface area contributed by atoms with E-state index in [1.807, 2.05) is 23.8 Å². The SMILES string of the molecule is CC(Nc1cc(C(=O)O)cc(Cl)n1)c1ccsc1. The van der Waals surface area contributed by atoms with Crippen LogP contribution >= 0.6 is 22.9 Å². The van der Waals surface area contributed by atoms with Crippen LogP contribution in [0.4, 0.5) is 5.82 Å². The maximum absolute atomic E-state index is 10.9. The van der Waals surface area contributed by atoms with Gasteiger partial charge >= 0.3 is 5.97 Å². The van der Waals surface area contributed by atoms with Gasteiger partial charge in [-0.25, -0.2) is 9.78 Å². The molecular weight excluding hydrogens is 272 g/mol. The van der Waals surface area contributed by atoms with Crippen LogP contribution in [0.3, 0.4) is 0 Å². The van der Waals surface area contributed by atoms with Crippen molar-refractivity contribution < 1.29 is 9.90 Å². The van der Waals surface area contributed by atoms with E-state index in [-0.39, 0.29) is 16.8 Å².